The Morgan fingerprint density at radius 1 is 0.571 bits per heavy atom. The van der Waals surface area contributed by atoms with Crippen LogP contribution in [0.5, 0.6) is 0 Å². The third-order valence-corrected chi connectivity index (χ3v) is 17.9. The van der Waals surface area contributed by atoms with E-state index < -0.39 is 22.8 Å². The molecule has 0 N–H and O–H groups in total. The molecule has 0 aromatic rings. The van der Waals surface area contributed by atoms with E-state index in [4.69, 9.17) is 31.6 Å². The van der Waals surface area contributed by atoms with Crippen LogP contribution in [0.1, 0.15) is 116 Å². The average molecular weight is 839 g/mol. The lowest BCUT2D eigenvalue weighted by molar-refractivity contribution is -0.880. The van der Waals surface area contributed by atoms with Crippen molar-refractivity contribution in [2.75, 3.05) is 102 Å². The number of carbonyl (C=O) groups excluding carboxylic acids is 2. The maximum atomic E-state index is 11.9. The summed E-state index contributed by atoms with van der Waals surface area (Å²) in [5.74, 6) is 3.44. The van der Waals surface area contributed by atoms with Gasteiger partial charge in [0.1, 0.15) is 0 Å². The molecule has 2 aliphatic heterocycles. The molecule has 11 nitrogen and oxygen atoms in total. The number of hydrogen-bond acceptors (Lipinski definition) is 9. The molecule has 0 radical (unpaired) electrons. The molecule has 0 aliphatic carbocycles. The second-order valence-electron chi connectivity index (χ2n) is 19.0. The van der Waals surface area contributed by atoms with Gasteiger partial charge in [0.15, 0.2) is 0 Å². The van der Waals surface area contributed by atoms with Crippen LogP contribution in [0.25, 0.3) is 0 Å². The van der Waals surface area contributed by atoms with E-state index in [0.29, 0.717) is 45.5 Å². The Morgan fingerprint density at radius 2 is 0.857 bits per heavy atom. The molecule has 2 rings (SSSR count). The van der Waals surface area contributed by atoms with Crippen LogP contribution in [0.3, 0.4) is 0 Å². The first-order chi connectivity index (χ1) is 25.7. The van der Waals surface area contributed by atoms with Crippen molar-refractivity contribution in [3.05, 3.63) is 0 Å². The van der Waals surface area contributed by atoms with Gasteiger partial charge in [-0.3, -0.25) is 9.59 Å². The van der Waals surface area contributed by atoms with Gasteiger partial charge in [0.2, 0.25) is 0 Å². The molecule has 2 saturated heterocycles. The minimum atomic E-state index is -2.61. The molecular weight excluding hydrogens is 745 g/mol. The standard InChI is InChI=1S/C15H32O5Si.C12H26O4Si.2C8H18N/c1-7-15(5,6)14(16)17-12-11-13-21(18-8-2,19-9-3)20-10-4;1-7-12(2,3)11(13)16-9-8-10-17(6,14-4)15-5;2*1-7-5-9(3,4)6-8(7)2/h7-13H2,1-6H3;7-10H2,1-6H3;2*7-8H,5-6H2,1-4H3/q;;2*+1. The van der Waals surface area contributed by atoms with E-state index in [1.165, 1.54) is 35.1 Å². The van der Waals surface area contributed by atoms with Gasteiger partial charge in [-0.25, -0.2) is 0 Å². The van der Waals surface area contributed by atoms with Crippen molar-refractivity contribution in [2.24, 2.45) is 34.5 Å². The summed E-state index contributed by atoms with van der Waals surface area (Å²) in [5.41, 5.74) is -0.808. The monoisotopic (exact) mass is 839 g/mol. The first-order valence-electron chi connectivity index (χ1n) is 21.7. The number of likely N-dealkylation sites (tertiary alicyclic amines) is 2. The van der Waals surface area contributed by atoms with Gasteiger partial charge in [0, 0.05) is 63.8 Å². The Bertz CT molecular complexity index is 1000. The molecule has 2 fully saturated rings. The Hall–Kier alpha value is -0.906. The molecule has 0 amide bonds. The van der Waals surface area contributed by atoms with Crippen molar-refractivity contribution in [3.8, 4) is 0 Å². The summed E-state index contributed by atoms with van der Waals surface area (Å²) in [6.07, 6.45) is 3.03. The fourth-order valence-corrected chi connectivity index (χ4v) is 10.9. The highest BCUT2D eigenvalue weighted by atomic mass is 28.4. The minimum absolute atomic E-state index is 0.127. The maximum Gasteiger partial charge on any atom is 0.501 e. The topological polar surface area (TPSA) is 98.8 Å². The van der Waals surface area contributed by atoms with E-state index in [9.17, 15) is 9.59 Å². The summed E-state index contributed by atoms with van der Waals surface area (Å²) >= 11 is 0. The first-order valence-corrected chi connectivity index (χ1v) is 26.2. The fourth-order valence-electron chi connectivity index (χ4n) is 6.97. The SMILES string of the molecule is CC1C[N+](C)(C)CC1C.CC1C[N+](C)(C)CC1C.CCC(C)(C)C(=O)OCCC[Si](C)(OC)OC.CCO[Si](CCCOC(=O)C(C)(C)CC)(OCC)OCC. The first kappa shape index (κ1) is 57.2. The molecule has 0 saturated carbocycles. The summed E-state index contributed by atoms with van der Waals surface area (Å²) < 4.78 is 41.0. The Balaban J connectivity index is 0. The van der Waals surface area contributed by atoms with E-state index in [-0.39, 0.29) is 17.4 Å². The van der Waals surface area contributed by atoms with Crippen molar-refractivity contribution < 1.29 is 50.2 Å². The van der Waals surface area contributed by atoms with E-state index in [2.05, 4.69) is 55.9 Å². The largest absolute Gasteiger partial charge is 0.501 e. The van der Waals surface area contributed by atoms with Crippen molar-refractivity contribution in [2.45, 2.75) is 134 Å². The van der Waals surface area contributed by atoms with E-state index in [1.807, 2.05) is 68.9 Å². The third kappa shape index (κ3) is 23.0. The molecule has 13 heteroatoms. The van der Waals surface area contributed by atoms with Gasteiger partial charge in [-0.2, -0.15) is 0 Å². The zero-order valence-corrected chi connectivity index (χ0v) is 42.5. The van der Waals surface area contributed by atoms with Gasteiger partial charge < -0.3 is 40.6 Å². The van der Waals surface area contributed by atoms with Crippen LogP contribution in [0.2, 0.25) is 18.6 Å². The molecule has 4 atom stereocenters. The lowest BCUT2D eigenvalue weighted by Gasteiger charge is -2.28. The second-order valence-corrected chi connectivity index (χ2v) is 25.3. The van der Waals surface area contributed by atoms with E-state index in [0.717, 1.165) is 49.0 Å². The van der Waals surface area contributed by atoms with Gasteiger partial charge in [-0.1, -0.05) is 41.5 Å². The van der Waals surface area contributed by atoms with Crippen LogP contribution in [0.4, 0.5) is 0 Å². The maximum absolute atomic E-state index is 11.9. The molecular formula is C43H94N2O9Si2+2. The number of hydrogen-bond donors (Lipinski definition) is 0. The predicted molar refractivity (Wildman–Crippen MR) is 236 cm³/mol. The zero-order chi connectivity index (χ0) is 44.0. The number of carbonyl (C=O) groups is 2. The summed E-state index contributed by atoms with van der Waals surface area (Å²) in [4.78, 5) is 23.6. The summed E-state index contributed by atoms with van der Waals surface area (Å²) in [6, 6.07) is 1.50. The molecule has 0 spiro atoms. The van der Waals surface area contributed by atoms with Crippen molar-refractivity contribution in [3.63, 3.8) is 0 Å². The van der Waals surface area contributed by atoms with Crippen molar-refractivity contribution >= 4 is 29.3 Å². The van der Waals surface area contributed by atoms with Crippen molar-refractivity contribution in [1.82, 2.24) is 0 Å². The molecule has 0 aromatic heterocycles. The van der Waals surface area contributed by atoms with Crippen molar-refractivity contribution in [1.29, 1.82) is 0 Å². The lowest BCUT2D eigenvalue weighted by atomic mass is 9.91. The van der Waals surface area contributed by atoms with Crippen LogP contribution in [-0.4, -0.2) is 140 Å². The third-order valence-electron chi connectivity index (χ3n) is 11.8. The number of nitrogens with zero attached hydrogens (tertiary/aromatic N) is 2. The van der Waals surface area contributed by atoms with Crippen LogP contribution < -0.4 is 0 Å². The quantitative estimate of drug-likeness (QED) is 0.0516. The Labute approximate surface area is 349 Å². The Morgan fingerprint density at radius 3 is 1.07 bits per heavy atom. The second kappa shape index (κ2) is 27.0. The zero-order valence-electron chi connectivity index (χ0n) is 40.5. The molecule has 2 heterocycles. The average Bonchev–Trinajstić information content (AvgIpc) is 3.51. The molecule has 2 aliphatic rings. The van der Waals surface area contributed by atoms with Gasteiger partial charge in [0.25, 0.3) is 0 Å². The summed E-state index contributed by atoms with van der Waals surface area (Å²) in [7, 11) is 7.99. The molecule has 0 bridgehead atoms. The molecule has 56 heavy (non-hydrogen) atoms. The minimum Gasteiger partial charge on any atom is -0.465 e. The Kier molecular flexibility index (Phi) is 27.6. The van der Waals surface area contributed by atoms with Gasteiger partial charge in [-0.05, 0) is 86.7 Å². The number of ether oxygens (including phenoxy) is 2. The van der Waals surface area contributed by atoms with Gasteiger partial charge in [-0.15, -0.1) is 0 Å². The number of quaternary nitrogens is 2. The highest BCUT2D eigenvalue weighted by molar-refractivity contribution is 6.65. The molecule has 0 aromatic carbocycles. The molecule has 4 unspecified atom stereocenters. The normalized spacial score (nSPS) is 21.8. The van der Waals surface area contributed by atoms with Crippen LogP contribution in [-0.2, 0) is 41.2 Å². The molecule has 336 valence electrons. The fraction of sp³-hybridized carbons (Fsp3) is 0.953. The summed E-state index contributed by atoms with van der Waals surface area (Å²) in [6.45, 7) is 36.8. The summed E-state index contributed by atoms with van der Waals surface area (Å²) in [5, 5.41) is 0. The van der Waals surface area contributed by atoms with Gasteiger partial charge >= 0.3 is 29.3 Å². The van der Waals surface area contributed by atoms with Crippen LogP contribution >= 0.6 is 0 Å². The lowest BCUT2D eigenvalue weighted by Crippen LogP contribution is -2.46. The van der Waals surface area contributed by atoms with Crippen LogP contribution in [0, 0.1) is 34.5 Å². The highest BCUT2D eigenvalue weighted by Gasteiger charge is 2.40. The smallest absolute Gasteiger partial charge is 0.465 e. The van der Waals surface area contributed by atoms with Crippen LogP contribution in [0.15, 0.2) is 0 Å². The predicted octanol–water partition coefficient (Wildman–Crippen LogP) is 8.82. The number of esters is 2. The van der Waals surface area contributed by atoms with E-state index in [1.54, 1.807) is 14.2 Å². The number of rotatable bonds is 20. The van der Waals surface area contributed by atoms with E-state index >= 15 is 0 Å². The highest BCUT2D eigenvalue weighted by Crippen LogP contribution is 2.27. The van der Waals surface area contributed by atoms with Gasteiger partial charge in [0.05, 0.1) is 78.4 Å².